The Bertz CT molecular complexity index is 1310. The molecule has 8 nitrogen and oxygen atoms in total. The quantitative estimate of drug-likeness (QED) is 0.553. The number of ether oxygens (including phenoxy) is 1. The van der Waals surface area contributed by atoms with E-state index in [9.17, 15) is 9.59 Å². The molecule has 152 valence electrons. The number of rotatable bonds is 5. The topological polar surface area (TPSA) is 91.0 Å². The maximum absolute atomic E-state index is 13.2. The van der Waals surface area contributed by atoms with Gasteiger partial charge in [0.1, 0.15) is 17.8 Å². The zero-order chi connectivity index (χ0) is 21.3. The molecule has 4 rings (SSSR count). The second-order valence-corrected chi connectivity index (χ2v) is 6.93. The molecular formula is C22H21N5O3. The van der Waals surface area contributed by atoms with Gasteiger partial charge in [0.05, 0.1) is 24.7 Å². The first kappa shape index (κ1) is 19.4. The first-order chi connectivity index (χ1) is 14.5. The number of amides is 1. The molecule has 0 aliphatic rings. The van der Waals surface area contributed by atoms with Gasteiger partial charge in [-0.3, -0.25) is 9.59 Å². The summed E-state index contributed by atoms with van der Waals surface area (Å²) in [6.45, 7) is 3.53. The number of aryl methyl sites for hydroxylation is 2. The van der Waals surface area contributed by atoms with E-state index in [1.165, 1.54) is 4.68 Å². The molecule has 0 saturated carbocycles. The van der Waals surface area contributed by atoms with E-state index in [1.54, 1.807) is 49.2 Å². The summed E-state index contributed by atoms with van der Waals surface area (Å²) in [5, 5.41) is 12.1. The molecule has 0 radical (unpaired) electrons. The average molecular weight is 403 g/mol. The van der Waals surface area contributed by atoms with Gasteiger partial charge in [-0.05, 0) is 37.6 Å². The van der Waals surface area contributed by atoms with E-state index >= 15 is 0 Å². The lowest BCUT2D eigenvalue weighted by Crippen LogP contribution is -2.31. The number of benzene rings is 2. The van der Waals surface area contributed by atoms with Crippen LogP contribution in [0.25, 0.3) is 16.6 Å². The summed E-state index contributed by atoms with van der Waals surface area (Å²) in [6.07, 6.45) is 1.63. The van der Waals surface area contributed by atoms with E-state index in [2.05, 4.69) is 15.5 Å². The largest absolute Gasteiger partial charge is 0.497 e. The fraction of sp³-hybridized carbons (Fsp3) is 0.182. The zero-order valence-electron chi connectivity index (χ0n) is 16.9. The van der Waals surface area contributed by atoms with Crippen LogP contribution in [0, 0.1) is 13.8 Å². The summed E-state index contributed by atoms with van der Waals surface area (Å²) in [4.78, 5) is 25.7. The Balaban J connectivity index is 1.70. The van der Waals surface area contributed by atoms with E-state index in [4.69, 9.17) is 4.74 Å². The van der Waals surface area contributed by atoms with Gasteiger partial charge >= 0.3 is 0 Å². The maximum Gasteiger partial charge on any atom is 0.293 e. The molecule has 1 amide bonds. The summed E-state index contributed by atoms with van der Waals surface area (Å²) in [7, 11) is 1.56. The fourth-order valence-electron chi connectivity index (χ4n) is 3.35. The molecule has 0 aliphatic carbocycles. The zero-order valence-corrected chi connectivity index (χ0v) is 16.9. The minimum atomic E-state index is -0.378. The molecule has 0 bridgehead atoms. The van der Waals surface area contributed by atoms with Crippen LogP contribution in [0.15, 0.2) is 59.5 Å². The van der Waals surface area contributed by atoms with E-state index < -0.39 is 0 Å². The molecule has 0 fully saturated rings. The number of methoxy groups -OCH3 is 1. The SMILES string of the molecule is COc1cccc(NC(=O)Cn2nc(C)c3cnn(-c4ccccc4C)c3c2=O)c1. The predicted octanol–water partition coefficient (Wildman–Crippen LogP) is 2.85. The number of aromatic nitrogens is 4. The van der Waals surface area contributed by atoms with Crippen molar-refractivity contribution >= 4 is 22.5 Å². The minimum Gasteiger partial charge on any atom is -0.497 e. The summed E-state index contributed by atoms with van der Waals surface area (Å²) < 4.78 is 7.94. The third-order valence-corrected chi connectivity index (χ3v) is 4.86. The van der Waals surface area contributed by atoms with Gasteiger partial charge in [-0.1, -0.05) is 24.3 Å². The highest BCUT2D eigenvalue weighted by atomic mass is 16.5. The van der Waals surface area contributed by atoms with Crippen LogP contribution in [-0.2, 0) is 11.3 Å². The maximum atomic E-state index is 13.2. The van der Waals surface area contributed by atoms with Crippen molar-refractivity contribution in [3.05, 3.63) is 76.3 Å². The number of nitrogens with zero attached hydrogens (tertiary/aromatic N) is 4. The van der Waals surface area contributed by atoms with Crippen molar-refractivity contribution in [1.29, 1.82) is 0 Å². The Morgan fingerprint density at radius 3 is 2.70 bits per heavy atom. The number of carbonyl (C=O) groups is 1. The van der Waals surface area contributed by atoms with Crippen molar-refractivity contribution in [3.63, 3.8) is 0 Å². The number of carbonyl (C=O) groups excluding carboxylic acids is 1. The number of hydrogen-bond acceptors (Lipinski definition) is 5. The molecule has 0 atom stereocenters. The molecule has 8 heteroatoms. The van der Waals surface area contributed by atoms with Gasteiger partial charge in [-0.15, -0.1) is 0 Å². The van der Waals surface area contributed by atoms with E-state index in [0.717, 1.165) is 11.3 Å². The highest BCUT2D eigenvalue weighted by molar-refractivity contribution is 5.91. The Morgan fingerprint density at radius 2 is 1.93 bits per heavy atom. The summed E-state index contributed by atoms with van der Waals surface area (Å²) in [5.41, 5.74) is 3.01. The van der Waals surface area contributed by atoms with Crippen molar-refractivity contribution in [2.75, 3.05) is 12.4 Å². The van der Waals surface area contributed by atoms with Crippen molar-refractivity contribution < 1.29 is 9.53 Å². The van der Waals surface area contributed by atoms with E-state index in [1.807, 2.05) is 31.2 Å². The number of fused-ring (bicyclic) bond motifs is 1. The van der Waals surface area contributed by atoms with Crippen molar-refractivity contribution in [1.82, 2.24) is 19.6 Å². The van der Waals surface area contributed by atoms with Crippen LogP contribution in [0.1, 0.15) is 11.3 Å². The molecule has 0 aliphatic heterocycles. The fourth-order valence-corrected chi connectivity index (χ4v) is 3.35. The Hall–Kier alpha value is -3.94. The van der Waals surface area contributed by atoms with Crippen LogP contribution in [-0.4, -0.2) is 32.6 Å². The van der Waals surface area contributed by atoms with Gasteiger partial charge in [0.25, 0.3) is 5.56 Å². The number of para-hydroxylation sites is 1. The second-order valence-electron chi connectivity index (χ2n) is 6.93. The van der Waals surface area contributed by atoms with Crippen molar-refractivity contribution in [3.8, 4) is 11.4 Å². The van der Waals surface area contributed by atoms with Gasteiger partial charge < -0.3 is 10.1 Å². The molecule has 0 unspecified atom stereocenters. The van der Waals surface area contributed by atoms with Gasteiger partial charge in [0.2, 0.25) is 5.91 Å². The molecule has 30 heavy (non-hydrogen) atoms. The van der Waals surface area contributed by atoms with Gasteiger partial charge in [0, 0.05) is 17.1 Å². The molecular weight excluding hydrogens is 382 g/mol. The molecule has 4 aromatic rings. The van der Waals surface area contributed by atoms with Crippen LogP contribution >= 0.6 is 0 Å². The molecule has 1 N–H and O–H groups in total. The van der Waals surface area contributed by atoms with Crippen LogP contribution < -0.4 is 15.6 Å². The first-order valence-electron chi connectivity index (χ1n) is 9.43. The predicted molar refractivity (Wildman–Crippen MR) is 114 cm³/mol. The lowest BCUT2D eigenvalue weighted by molar-refractivity contribution is -0.117. The highest BCUT2D eigenvalue weighted by Gasteiger charge is 2.17. The highest BCUT2D eigenvalue weighted by Crippen LogP contribution is 2.20. The van der Waals surface area contributed by atoms with Crippen molar-refractivity contribution in [2.24, 2.45) is 0 Å². The summed E-state index contributed by atoms with van der Waals surface area (Å²) >= 11 is 0. The number of anilines is 1. The Kier molecular flexibility index (Phi) is 5.05. The van der Waals surface area contributed by atoms with E-state index in [0.29, 0.717) is 28.0 Å². The molecule has 0 spiro atoms. The summed E-state index contributed by atoms with van der Waals surface area (Å²) in [5.74, 6) is 0.265. The molecule has 2 heterocycles. The van der Waals surface area contributed by atoms with Crippen LogP contribution in [0.4, 0.5) is 5.69 Å². The standard InChI is InChI=1S/C22H21N5O3/c1-14-7-4-5-10-19(14)27-21-18(12-23-27)15(2)25-26(22(21)29)13-20(28)24-16-8-6-9-17(11-16)30-3/h4-12H,13H2,1-3H3,(H,24,28). The molecule has 0 saturated heterocycles. The Morgan fingerprint density at radius 1 is 1.13 bits per heavy atom. The van der Waals surface area contributed by atoms with Crippen LogP contribution in [0.3, 0.4) is 0 Å². The van der Waals surface area contributed by atoms with Crippen molar-refractivity contribution in [2.45, 2.75) is 20.4 Å². The third kappa shape index (κ3) is 3.55. The summed E-state index contributed by atoms with van der Waals surface area (Å²) in [6, 6.07) is 14.7. The van der Waals surface area contributed by atoms with Gasteiger partial charge in [0.15, 0.2) is 0 Å². The third-order valence-electron chi connectivity index (χ3n) is 4.86. The Labute approximate surface area is 172 Å². The van der Waals surface area contributed by atoms with Crippen LogP contribution in [0.5, 0.6) is 5.75 Å². The molecule has 2 aromatic carbocycles. The van der Waals surface area contributed by atoms with Gasteiger partial charge in [-0.2, -0.15) is 10.2 Å². The monoisotopic (exact) mass is 403 g/mol. The molecule has 2 aromatic heterocycles. The first-order valence-corrected chi connectivity index (χ1v) is 9.43. The lowest BCUT2D eigenvalue weighted by atomic mass is 10.2. The smallest absolute Gasteiger partial charge is 0.293 e. The minimum absolute atomic E-state index is 0.216. The van der Waals surface area contributed by atoms with Gasteiger partial charge in [-0.25, -0.2) is 9.36 Å². The lowest BCUT2D eigenvalue weighted by Gasteiger charge is -2.11. The normalized spacial score (nSPS) is 10.9. The average Bonchev–Trinajstić information content (AvgIpc) is 3.18. The van der Waals surface area contributed by atoms with Crippen LogP contribution in [0.2, 0.25) is 0 Å². The number of nitrogens with one attached hydrogen (secondary N) is 1. The second kappa shape index (κ2) is 7.82. The van der Waals surface area contributed by atoms with E-state index in [-0.39, 0.29) is 18.0 Å². The number of hydrogen-bond donors (Lipinski definition) is 1.